The fraction of sp³-hybridized carbons (Fsp3) is 0.500. The number of carbonyl (C=O) groups excluding carboxylic acids is 2. The zero-order valence-electron chi connectivity index (χ0n) is 15.1. The van der Waals surface area contributed by atoms with Crippen LogP contribution < -0.4 is 5.32 Å². The first-order valence-electron chi connectivity index (χ1n) is 8.79. The molecule has 1 aliphatic rings. The molecule has 2 amide bonds. The third-order valence-corrected chi connectivity index (χ3v) is 6.09. The number of carbonyl (C=O) groups is 2. The largest absolute Gasteiger partial charge is 0.353 e. The summed E-state index contributed by atoms with van der Waals surface area (Å²) in [5, 5.41) is 7.88. The summed E-state index contributed by atoms with van der Waals surface area (Å²) >= 11 is 3.24. The first kappa shape index (κ1) is 19.0. The molecule has 26 heavy (non-hydrogen) atoms. The molecule has 0 atom stereocenters. The smallest absolute Gasteiger partial charge is 0.234 e. The minimum absolute atomic E-state index is 0.0448. The molecular weight excluding hydrogens is 368 g/mol. The number of aromatic nitrogens is 1. The van der Waals surface area contributed by atoms with Crippen molar-refractivity contribution in [1.82, 2.24) is 20.1 Å². The molecule has 2 aromatic rings. The van der Waals surface area contributed by atoms with Crippen LogP contribution in [0, 0.1) is 0 Å². The summed E-state index contributed by atoms with van der Waals surface area (Å²) in [5.74, 6) is 0.155. The van der Waals surface area contributed by atoms with E-state index in [4.69, 9.17) is 0 Å². The Morgan fingerprint density at radius 3 is 2.65 bits per heavy atom. The minimum Gasteiger partial charge on any atom is -0.353 e. The second-order valence-electron chi connectivity index (χ2n) is 6.68. The highest BCUT2D eigenvalue weighted by atomic mass is 32.1. The number of piperazine rings is 1. The van der Waals surface area contributed by atoms with E-state index in [9.17, 15) is 9.59 Å². The summed E-state index contributed by atoms with van der Waals surface area (Å²) in [7, 11) is 0. The third kappa shape index (κ3) is 5.12. The van der Waals surface area contributed by atoms with Crippen LogP contribution >= 0.6 is 22.7 Å². The Bertz CT molecular complexity index is 734. The molecule has 0 saturated carbocycles. The van der Waals surface area contributed by atoms with Gasteiger partial charge in [0.2, 0.25) is 11.8 Å². The van der Waals surface area contributed by atoms with Crippen LogP contribution in [0.4, 0.5) is 0 Å². The topological polar surface area (TPSA) is 65.5 Å². The maximum Gasteiger partial charge on any atom is 0.234 e. The van der Waals surface area contributed by atoms with E-state index in [1.165, 1.54) is 0 Å². The van der Waals surface area contributed by atoms with Crippen molar-refractivity contribution in [3.8, 4) is 9.88 Å². The van der Waals surface area contributed by atoms with E-state index >= 15 is 0 Å². The molecule has 8 heteroatoms. The highest BCUT2D eigenvalue weighted by Crippen LogP contribution is 2.28. The van der Waals surface area contributed by atoms with Gasteiger partial charge in [0.25, 0.3) is 0 Å². The van der Waals surface area contributed by atoms with Crippen LogP contribution in [0.2, 0.25) is 0 Å². The number of thiophene rings is 1. The van der Waals surface area contributed by atoms with Crippen molar-refractivity contribution in [2.45, 2.75) is 26.3 Å². The van der Waals surface area contributed by atoms with Crippen LogP contribution in [0.25, 0.3) is 9.88 Å². The van der Waals surface area contributed by atoms with E-state index in [1.54, 1.807) is 22.7 Å². The monoisotopic (exact) mass is 392 g/mol. The molecule has 0 radical (unpaired) electrons. The van der Waals surface area contributed by atoms with Gasteiger partial charge in [-0.2, -0.15) is 0 Å². The first-order valence-corrected chi connectivity index (χ1v) is 10.5. The van der Waals surface area contributed by atoms with E-state index in [-0.39, 0.29) is 17.9 Å². The number of hydrogen-bond acceptors (Lipinski definition) is 6. The first-order chi connectivity index (χ1) is 12.5. The zero-order chi connectivity index (χ0) is 18.5. The number of nitrogens with zero attached hydrogens (tertiary/aromatic N) is 3. The van der Waals surface area contributed by atoms with Crippen LogP contribution in [0.5, 0.6) is 0 Å². The van der Waals surface area contributed by atoms with Crippen LogP contribution in [0.15, 0.2) is 22.9 Å². The van der Waals surface area contributed by atoms with Gasteiger partial charge < -0.3 is 10.2 Å². The Labute approximate surface area is 161 Å². The summed E-state index contributed by atoms with van der Waals surface area (Å²) in [6.45, 7) is 7.10. The highest BCUT2D eigenvalue weighted by molar-refractivity contribution is 7.20. The number of rotatable bonds is 6. The maximum absolute atomic E-state index is 12.5. The van der Waals surface area contributed by atoms with E-state index < -0.39 is 0 Å². The molecule has 3 heterocycles. The second-order valence-corrected chi connectivity index (χ2v) is 8.48. The number of hydrogen-bond donors (Lipinski definition) is 1. The van der Waals surface area contributed by atoms with Gasteiger partial charge in [-0.3, -0.25) is 14.5 Å². The van der Waals surface area contributed by atoms with E-state index in [0.717, 1.165) is 28.7 Å². The molecule has 0 spiro atoms. The molecule has 0 aromatic carbocycles. The van der Waals surface area contributed by atoms with Crippen LogP contribution in [0.1, 0.15) is 19.5 Å². The van der Waals surface area contributed by atoms with Crippen LogP contribution in [0.3, 0.4) is 0 Å². The maximum atomic E-state index is 12.5. The summed E-state index contributed by atoms with van der Waals surface area (Å²) in [6.07, 6.45) is 0.343. The summed E-state index contributed by atoms with van der Waals surface area (Å²) in [5.41, 5.74) is 0.835. The van der Waals surface area contributed by atoms with Gasteiger partial charge in [0.15, 0.2) is 0 Å². The molecule has 1 aliphatic heterocycles. The Kier molecular flexibility index (Phi) is 6.39. The number of amides is 2. The quantitative estimate of drug-likeness (QED) is 0.817. The highest BCUT2D eigenvalue weighted by Gasteiger charge is 2.23. The SMILES string of the molecule is CC(C)NC(=O)CN1CCN(C(=O)Cc2csc(-c3cccs3)n2)CC1. The van der Waals surface area contributed by atoms with Gasteiger partial charge in [-0.15, -0.1) is 22.7 Å². The van der Waals surface area contributed by atoms with Crippen LogP contribution in [-0.2, 0) is 16.0 Å². The molecule has 0 bridgehead atoms. The fourth-order valence-electron chi connectivity index (χ4n) is 2.89. The molecule has 1 N–H and O–H groups in total. The molecule has 1 fully saturated rings. The molecule has 140 valence electrons. The van der Waals surface area contributed by atoms with Crippen molar-refractivity contribution in [3.05, 3.63) is 28.6 Å². The fourth-order valence-corrected chi connectivity index (χ4v) is 4.53. The Morgan fingerprint density at radius 1 is 1.23 bits per heavy atom. The molecule has 2 aromatic heterocycles. The lowest BCUT2D eigenvalue weighted by Gasteiger charge is -2.34. The lowest BCUT2D eigenvalue weighted by atomic mass is 10.2. The van der Waals surface area contributed by atoms with Gasteiger partial charge in [0.05, 0.1) is 23.5 Å². The van der Waals surface area contributed by atoms with Crippen molar-refractivity contribution < 1.29 is 9.59 Å². The van der Waals surface area contributed by atoms with E-state index in [0.29, 0.717) is 26.1 Å². The molecular formula is C18H24N4O2S2. The number of thiazole rings is 1. The lowest BCUT2D eigenvalue weighted by Crippen LogP contribution is -2.51. The van der Waals surface area contributed by atoms with Gasteiger partial charge in [-0.05, 0) is 25.3 Å². The van der Waals surface area contributed by atoms with Gasteiger partial charge in [0.1, 0.15) is 5.01 Å². The predicted molar refractivity (Wildman–Crippen MR) is 105 cm³/mol. The Balaban J connectivity index is 1.46. The normalized spacial score (nSPS) is 15.4. The summed E-state index contributed by atoms with van der Waals surface area (Å²) in [4.78, 5) is 34.1. The van der Waals surface area contributed by atoms with Gasteiger partial charge in [0, 0.05) is 37.6 Å². The number of nitrogens with one attached hydrogen (secondary N) is 1. The summed E-state index contributed by atoms with van der Waals surface area (Å²) in [6, 6.07) is 4.21. The molecule has 3 rings (SSSR count). The van der Waals surface area contributed by atoms with Crippen molar-refractivity contribution in [2.24, 2.45) is 0 Å². The summed E-state index contributed by atoms with van der Waals surface area (Å²) < 4.78 is 0. The second kappa shape index (κ2) is 8.75. The van der Waals surface area contributed by atoms with E-state index in [2.05, 4.69) is 15.2 Å². The van der Waals surface area contributed by atoms with Crippen molar-refractivity contribution in [1.29, 1.82) is 0 Å². The Morgan fingerprint density at radius 2 is 2.00 bits per heavy atom. The lowest BCUT2D eigenvalue weighted by molar-refractivity contribution is -0.132. The standard InChI is InChI=1S/C18H24N4O2S2/c1-13(2)19-16(23)11-21-5-7-22(8-6-21)17(24)10-14-12-26-18(20-14)15-4-3-9-25-15/h3-4,9,12-13H,5-8,10-11H2,1-2H3,(H,19,23). The molecule has 1 saturated heterocycles. The van der Waals surface area contributed by atoms with Gasteiger partial charge in [-0.25, -0.2) is 4.98 Å². The van der Waals surface area contributed by atoms with Crippen molar-refractivity contribution in [2.75, 3.05) is 32.7 Å². The van der Waals surface area contributed by atoms with Gasteiger partial charge in [-0.1, -0.05) is 6.07 Å². The van der Waals surface area contributed by atoms with Crippen LogP contribution in [-0.4, -0.2) is 65.4 Å². The van der Waals surface area contributed by atoms with Crippen molar-refractivity contribution >= 4 is 34.5 Å². The van der Waals surface area contributed by atoms with Gasteiger partial charge >= 0.3 is 0 Å². The van der Waals surface area contributed by atoms with E-state index in [1.807, 2.05) is 41.6 Å². The predicted octanol–water partition coefficient (Wildman–Crippen LogP) is 2.08. The third-order valence-electron chi connectivity index (χ3n) is 4.16. The minimum atomic E-state index is 0.0448. The van der Waals surface area contributed by atoms with Crippen molar-refractivity contribution in [3.63, 3.8) is 0 Å². The molecule has 6 nitrogen and oxygen atoms in total. The average molecular weight is 393 g/mol. The molecule has 0 aliphatic carbocycles. The Hall–Kier alpha value is -1.77. The average Bonchev–Trinajstić information content (AvgIpc) is 3.25. The molecule has 0 unspecified atom stereocenters. The zero-order valence-corrected chi connectivity index (χ0v) is 16.7.